The number of rotatable bonds is 5. The van der Waals surface area contributed by atoms with Crippen molar-refractivity contribution < 1.29 is 19.3 Å². The van der Waals surface area contributed by atoms with Crippen LogP contribution in [-0.2, 0) is 4.79 Å². The fourth-order valence-corrected chi connectivity index (χ4v) is 2.14. The van der Waals surface area contributed by atoms with Gasteiger partial charge in [0.1, 0.15) is 5.56 Å². The van der Waals surface area contributed by atoms with Crippen molar-refractivity contribution in [3.05, 3.63) is 39.4 Å². The van der Waals surface area contributed by atoms with Crippen molar-refractivity contribution in [2.75, 3.05) is 6.54 Å². The van der Waals surface area contributed by atoms with Crippen molar-refractivity contribution >= 4 is 23.4 Å². The Bertz CT molecular complexity index is 643. The second-order valence-electron chi connectivity index (χ2n) is 4.39. The first kappa shape index (κ1) is 14.6. The maximum atomic E-state index is 12.2. The van der Waals surface area contributed by atoms with Crippen molar-refractivity contribution in [2.45, 2.75) is 12.8 Å². The molecule has 0 bridgehead atoms. The first-order valence-electron chi connectivity index (χ1n) is 6.10. The average molecular weight is 292 g/mol. The lowest BCUT2D eigenvalue weighted by atomic mass is 10.1. The second-order valence-corrected chi connectivity index (χ2v) is 4.39. The second kappa shape index (κ2) is 5.67. The fraction of sp³-hybridized carbons (Fsp3) is 0.250. The molecular formula is C12H12N4O5. The molecule has 0 fully saturated rings. The van der Waals surface area contributed by atoms with Crippen LogP contribution in [0.4, 0.5) is 5.69 Å². The van der Waals surface area contributed by atoms with Crippen molar-refractivity contribution in [3.8, 4) is 0 Å². The van der Waals surface area contributed by atoms with Gasteiger partial charge >= 0.3 is 0 Å². The molecule has 21 heavy (non-hydrogen) atoms. The Kier molecular flexibility index (Phi) is 3.94. The summed E-state index contributed by atoms with van der Waals surface area (Å²) in [5.74, 6) is 3.20. The third kappa shape index (κ3) is 2.58. The molecule has 0 saturated heterocycles. The SMILES string of the molecule is NNC(=O)CCCN1C(=O)c2cccc([N+](=O)[O-])c2C1=O. The van der Waals surface area contributed by atoms with Crippen LogP contribution in [0.2, 0.25) is 0 Å². The number of hydrogen-bond donors (Lipinski definition) is 2. The summed E-state index contributed by atoms with van der Waals surface area (Å²) in [7, 11) is 0. The third-order valence-corrected chi connectivity index (χ3v) is 3.12. The summed E-state index contributed by atoms with van der Waals surface area (Å²) in [6.45, 7) is -0.00305. The molecule has 1 aromatic rings. The molecule has 0 spiro atoms. The van der Waals surface area contributed by atoms with E-state index in [0.29, 0.717) is 0 Å². The van der Waals surface area contributed by atoms with Gasteiger partial charge in [0.05, 0.1) is 10.5 Å². The summed E-state index contributed by atoms with van der Waals surface area (Å²) >= 11 is 0. The summed E-state index contributed by atoms with van der Waals surface area (Å²) < 4.78 is 0. The fourth-order valence-electron chi connectivity index (χ4n) is 2.14. The van der Waals surface area contributed by atoms with Crippen LogP contribution < -0.4 is 11.3 Å². The Labute approximate surface area is 118 Å². The highest BCUT2D eigenvalue weighted by Gasteiger charge is 2.40. The van der Waals surface area contributed by atoms with Crippen LogP contribution in [0, 0.1) is 10.1 Å². The van der Waals surface area contributed by atoms with Gasteiger partial charge in [-0.2, -0.15) is 0 Å². The number of imide groups is 1. The molecule has 1 aromatic carbocycles. The van der Waals surface area contributed by atoms with Crippen LogP contribution in [0.25, 0.3) is 0 Å². The van der Waals surface area contributed by atoms with Crippen LogP contribution in [0.15, 0.2) is 18.2 Å². The zero-order chi connectivity index (χ0) is 15.6. The van der Waals surface area contributed by atoms with E-state index in [9.17, 15) is 24.5 Å². The van der Waals surface area contributed by atoms with Gasteiger partial charge in [0.2, 0.25) is 5.91 Å². The van der Waals surface area contributed by atoms with Gasteiger partial charge in [0, 0.05) is 19.0 Å². The van der Waals surface area contributed by atoms with E-state index in [1.165, 1.54) is 18.2 Å². The van der Waals surface area contributed by atoms with Crippen LogP contribution >= 0.6 is 0 Å². The highest BCUT2D eigenvalue weighted by molar-refractivity contribution is 6.23. The van der Waals surface area contributed by atoms with E-state index < -0.39 is 28.3 Å². The molecule has 0 radical (unpaired) electrons. The van der Waals surface area contributed by atoms with Gasteiger partial charge in [-0.05, 0) is 12.5 Å². The van der Waals surface area contributed by atoms with Crippen molar-refractivity contribution in [1.82, 2.24) is 10.3 Å². The molecule has 0 aromatic heterocycles. The normalized spacial score (nSPS) is 13.3. The Morgan fingerprint density at radius 3 is 2.67 bits per heavy atom. The van der Waals surface area contributed by atoms with Gasteiger partial charge in [-0.3, -0.25) is 34.8 Å². The molecule has 2 rings (SSSR count). The van der Waals surface area contributed by atoms with E-state index in [0.717, 1.165) is 4.90 Å². The van der Waals surface area contributed by atoms with E-state index in [2.05, 4.69) is 0 Å². The molecule has 0 saturated carbocycles. The molecule has 3 N–H and O–H groups in total. The lowest BCUT2D eigenvalue weighted by Crippen LogP contribution is -2.33. The number of amides is 3. The van der Waals surface area contributed by atoms with Gasteiger partial charge in [-0.1, -0.05) is 6.07 Å². The highest BCUT2D eigenvalue weighted by atomic mass is 16.6. The summed E-state index contributed by atoms with van der Waals surface area (Å²) in [4.78, 5) is 46.4. The number of nitro benzene ring substituents is 1. The van der Waals surface area contributed by atoms with E-state index in [4.69, 9.17) is 5.84 Å². The molecule has 3 amide bonds. The molecule has 0 aliphatic carbocycles. The quantitative estimate of drug-likeness (QED) is 0.257. The number of nitrogens with zero attached hydrogens (tertiary/aromatic N) is 2. The van der Waals surface area contributed by atoms with Gasteiger partial charge in [0.15, 0.2) is 0 Å². The molecular weight excluding hydrogens is 280 g/mol. The highest BCUT2D eigenvalue weighted by Crippen LogP contribution is 2.30. The lowest BCUT2D eigenvalue weighted by Gasteiger charge is -2.12. The molecule has 1 aliphatic heterocycles. The first-order chi connectivity index (χ1) is 9.97. The Balaban J connectivity index is 2.20. The van der Waals surface area contributed by atoms with Gasteiger partial charge in [0.25, 0.3) is 17.5 Å². The zero-order valence-corrected chi connectivity index (χ0v) is 10.9. The predicted octanol–water partition coefficient (Wildman–Crippen LogP) is -0.0391. The number of carbonyl (C=O) groups excluding carboxylic acids is 3. The Hall–Kier alpha value is -2.81. The maximum absolute atomic E-state index is 12.2. The number of hydrazine groups is 1. The van der Waals surface area contributed by atoms with E-state index in [-0.39, 0.29) is 30.5 Å². The standard InChI is InChI=1S/C12H12N4O5/c13-14-9(17)5-2-6-15-11(18)7-3-1-4-8(16(20)21)10(7)12(15)19/h1,3-4H,2,5-6,13H2,(H,14,17). The van der Waals surface area contributed by atoms with Crippen molar-refractivity contribution in [3.63, 3.8) is 0 Å². The van der Waals surface area contributed by atoms with Gasteiger partial charge in [-0.15, -0.1) is 0 Å². The predicted molar refractivity (Wildman–Crippen MR) is 70.0 cm³/mol. The molecule has 110 valence electrons. The van der Waals surface area contributed by atoms with Crippen molar-refractivity contribution in [1.29, 1.82) is 0 Å². The number of fused-ring (bicyclic) bond motifs is 1. The number of nitrogens with two attached hydrogens (primary N) is 1. The summed E-state index contributed by atoms with van der Waals surface area (Å²) in [5.41, 5.74) is 1.36. The minimum atomic E-state index is -0.713. The van der Waals surface area contributed by atoms with Gasteiger partial charge in [-0.25, -0.2) is 5.84 Å². The smallest absolute Gasteiger partial charge is 0.282 e. The third-order valence-electron chi connectivity index (χ3n) is 3.12. The minimum absolute atomic E-state index is 0.00305. The van der Waals surface area contributed by atoms with Crippen molar-refractivity contribution in [2.24, 2.45) is 5.84 Å². The molecule has 1 aliphatic rings. The maximum Gasteiger partial charge on any atom is 0.282 e. The number of nitrogens with one attached hydrogen (secondary N) is 1. The van der Waals surface area contributed by atoms with Crippen LogP contribution in [-0.4, -0.2) is 34.1 Å². The van der Waals surface area contributed by atoms with Gasteiger partial charge < -0.3 is 0 Å². The van der Waals surface area contributed by atoms with Crippen LogP contribution in [0.5, 0.6) is 0 Å². The first-order valence-corrected chi connectivity index (χ1v) is 6.10. The number of benzene rings is 1. The molecule has 9 nitrogen and oxygen atoms in total. The van der Waals surface area contributed by atoms with E-state index in [1.54, 1.807) is 0 Å². The zero-order valence-electron chi connectivity index (χ0n) is 10.9. The Morgan fingerprint density at radius 1 is 1.33 bits per heavy atom. The number of nitro groups is 1. The summed E-state index contributed by atoms with van der Waals surface area (Å²) in [6, 6.07) is 3.90. The summed E-state index contributed by atoms with van der Waals surface area (Å²) in [6.07, 6.45) is 0.272. The van der Waals surface area contributed by atoms with E-state index in [1.807, 2.05) is 5.43 Å². The monoisotopic (exact) mass is 292 g/mol. The number of carbonyl (C=O) groups is 3. The molecule has 9 heteroatoms. The van der Waals surface area contributed by atoms with Crippen LogP contribution in [0.1, 0.15) is 33.6 Å². The molecule has 0 atom stereocenters. The lowest BCUT2D eigenvalue weighted by molar-refractivity contribution is -0.385. The average Bonchev–Trinajstić information content (AvgIpc) is 2.71. The largest absolute Gasteiger partial charge is 0.294 e. The van der Waals surface area contributed by atoms with Crippen LogP contribution in [0.3, 0.4) is 0 Å². The summed E-state index contributed by atoms with van der Waals surface area (Å²) in [5, 5.41) is 10.9. The molecule has 0 unspecified atom stereocenters. The van der Waals surface area contributed by atoms with E-state index >= 15 is 0 Å². The topological polar surface area (TPSA) is 136 Å². The molecule has 1 heterocycles. The number of hydrogen-bond acceptors (Lipinski definition) is 6. The Morgan fingerprint density at radius 2 is 2.05 bits per heavy atom. The minimum Gasteiger partial charge on any atom is -0.294 e.